The minimum absolute atomic E-state index is 0.0210. The molecule has 3 heterocycles. The van der Waals surface area contributed by atoms with E-state index in [0.717, 1.165) is 38.8 Å². The number of ether oxygens (including phenoxy) is 1. The molecule has 0 atom stereocenters. The maximum absolute atomic E-state index is 12.6. The van der Waals surface area contributed by atoms with Gasteiger partial charge in [0.05, 0.1) is 6.61 Å². The number of amides is 2. The van der Waals surface area contributed by atoms with Gasteiger partial charge in [-0.05, 0) is 45.1 Å². The van der Waals surface area contributed by atoms with Crippen LogP contribution in [0.4, 0.5) is 10.7 Å². The Morgan fingerprint density at radius 1 is 1.15 bits per heavy atom. The molecule has 2 amide bonds. The number of rotatable bonds is 4. The number of nitrogens with one attached hydrogen (secondary N) is 1. The molecule has 142 valence electrons. The Balaban J connectivity index is 1.54. The van der Waals surface area contributed by atoms with E-state index in [1.54, 1.807) is 17.2 Å². The lowest BCUT2D eigenvalue weighted by Gasteiger charge is -2.31. The summed E-state index contributed by atoms with van der Waals surface area (Å²) >= 11 is 0. The fourth-order valence-corrected chi connectivity index (χ4v) is 3.41. The van der Waals surface area contributed by atoms with Crippen molar-refractivity contribution in [2.75, 3.05) is 38.1 Å². The quantitative estimate of drug-likeness (QED) is 0.884. The molecule has 8 heteroatoms. The van der Waals surface area contributed by atoms with Crippen LogP contribution < -0.4 is 5.32 Å². The van der Waals surface area contributed by atoms with Gasteiger partial charge in [-0.2, -0.15) is 0 Å². The Kier molecular flexibility index (Phi) is 6.25. The summed E-state index contributed by atoms with van der Waals surface area (Å²) in [6, 6.07) is 1.85. The molecule has 0 aliphatic carbocycles. The van der Waals surface area contributed by atoms with Gasteiger partial charge in [0.2, 0.25) is 5.95 Å². The third-order valence-electron chi connectivity index (χ3n) is 4.87. The highest BCUT2D eigenvalue weighted by Crippen LogP contribution is 2.16. The summed E-state index contributed by atoms with van der Waals surface area (Å²) in [4.78, 5) is 36.6. The summed E-state index contributed by atoms with van der Waals surface area (Å²) in [6.07, 6.45) is 6.27. The van der Waals surface area contributed by atoms with Gasteiger partial charge in [-0.3, -0.25) is 4.79 Å². The van der Waals surface area contributed by atoms with Gasteiger partial charge in [-0.1, -0.05) is 0 Å². The summed E-state index contributed by atoms with van der Waals surface area (Å²) in [7, 11) is 0. The fourth-order valence-electron chi connectivity index (χ4n) is 3.41. The van der Waals surface area contributed by atoms with Crippen molar-refractivity contribution in [3.8, 4) is 0 Å². The molecule has 1 N–H and O–H groups in total. The molecule has 0 bridgehead atoms. The predicted molar refractivity (Wildman–Crippen MR) is 97.0 cm³/mol. The number of carbonyl (C=O) groups is 2. The van der Waals surface area contributed by atoms with Crippen LogP contribution in [-0.2, 0) is 4.74 Å². The zero-order chi connectivity index (χ0) is 18.4. The van der Waals surface area contributed by atoms with Gasteiger partial charge in [-0.15, -0.1) is 0 Å². The summed E-state index contributed by atoms with van der Waals surface area (Å²) in [6.45, 7) is 5.09. The predicted octanol–water partition coefficient (Wildman–Crippen LogP) is 2.14. The Bertz CT molecular complexity index is 625. The van der Waals surface area contributed by atoms with E-state index in [1.807, 2.05) is 11.8 Å². The highest BCUT2D eigenvalue weighted by molar-refractivity contribution is 5.92. The highest BCUT2D eigenvalue weighted by Gasteiger charge is 2.24. The van der Waals surface area contributed by atoms with E-state index < -0.39 is 0 Å². The maximum atomic E-state index is 12.6. The molecule has 0 saturated carbocycles. The van der Waals surface area contributed by atoms with Gasteiger partial charge < -0.3 is 19.9 Å². The Labute approximate surface area is 153 Å². The van der Waals surface area contributed by atoms with E-state index >= 15 is 0 Å². The molecule has 1 aromatic heterocycles. The average Bonchev–Trinajstić information content (AvgIpc) is 2.69. The first kappa shape index (κ1) is 18.4. The number of aromatic nitrogens is 2. The molecule has 0 spiro atoms. The largest absolute Gasteiger partial charge is 0.450 e. The minimum Gasteiger partial charge on any atom is -0.450 e. The lowest BCUT2D eigenvalue weighted by Crippen LogP contribution is -2.42. The number of carbonyl (C=O) groups excluding carboxylic acids is 2. The second kappa shape index (κ2) is 8.82. The number of piperidine rings is 2. The lowest BCUT2D eigenvalue weighted by molar-refractivity contribution is 0.0718. The van der Waals surface area contributed by atoms with Crippen LogP contribution in [0, 0.1) is 0 Å². The van der Waals surface area contributed by atoms with Crippen LogP contribution in [0.3, 0.4) is 0 Å². The lowest BCUT2D eigenvalue weighted by atomic mass is 10.1. The van der Waals surface area contributed by atoms with Crippen molar-refractivity contribution in [1.29, 1.82) is 0 Å². The standard InChI is InChI=1S/C18H27N5O3/c1-2-26-18(25)23-12-7-14(8-13-23)20-17-19-9-6-15(21-17)16(24)22-10-4-3-5-11-22/h6,9,14H,2-5,7-8,10-13H2,1H3,(H,19,20,21). The number of hydrogen-bond acceptors (Lipinski definition) is 6. The van der Waals surface area contributed by atoms with Crippen molar-refractivity contribution in [2.24, 2.45) is 0 Å². The van der Waals surface area contributed by atoms with Gasteiger partial charge in [0.25, 0.3) is 5.91 Å². The van der Waals surface area contributed by atoms with Gasteiger partial charge in [0.15, 0.2) is 0 Å². The molecule has 2 aliphatic rings. The van der Waals surface area contributed by atoms with Crippen LogP contribution in [0.25, 0.3) is 0 Å². The van der Waals surface area contributed by atoms with Crippen molar-refractivity contribution in [2.45, 2.75) is 45.1 Å². The first-order chi connectivity index (χ1) is 12.7. The molecule has 8 nitrogen and oxygen atoms in total. The zero-order valence-corrected chi connectivity index (χ0v) is 15.3. The van der Waals surface area contributed by atoms with Crippen molar-refractivity contribution < 1.29 is 14.3 Å². The highest BCUT2D eigenvalue weighted by atomic mass is 16.6. The Morgan fingerprint density at radius 3 is 2.58 bits per heavy atom. The summed E-state index contributed by atoms with van der Waals surface area (Å²) < 4.78 is 5.03. The van der Waals surface area contributed by atoms with E-state index in [1.165, 1.54) is 6.42 Å². The molecule has 26 heavy (non-hydrogen) atoms. The molecule has 0 aromatic carbocycles. The van der Waals surface area contributed by atoms with Crippen LogP contribution in [-0.4, -0.2) is 70.6 Å². The number of anilines is 1. The van der Waals surface area contributed by atoms with Crippen LogP contribution >= 0.6 is 0 Å². The van der Waals surface area contributed by atoms with Gasteiger partial charge in [0, 0.05) is 38.4 Å². The van der Waals surface area contributed by atoms with Gasteiger partial charge in [0.1, 0.15) is 5.69 Å². The summed E-state index contributed by atoms with van der Waals surface area (Å²) in [5.41, 5.74) is 0.438. The van der Waals surface area contributed by atoms with E-state index in [2.05, 4.69) is 15.3 Å². The van der Waals surface area contributed by atoms with Crippen LogP contribution in [0.1, 0.15) is 49.5 Å². The van der Waals surface area contributed by atoms with E-state index in [-0.39, 0.29) is 18.0 Å². The van der Waals surface area contributed by atoms with Crippen molar-refractivity contribution >= 4 is 17.9 Å². The van der Waals surface area contributed by atoms with Crippen molar-refractivity contribution in [1.82, 2.24) is 19.8 Å². The second-order valence-corrected chi connectivity index (χ2v) is 6.72. The molecule has 0 radical (unpaired) electrons. The van der Waals surface area contributed by atoms with Crippen molar-refractivity contribution in [3.05, 3.63) is 18.0 Å². The fraction of sp³-hybridized carbons (Fsp3) is 0.667. The second-order valence-electron chi connectivity index (χ2n) is 6.72. The Hall–Kier alpha value is -2.38. The monoisotopic (exact) mass is 361 g/mol. The topological polar surface area (TPSA) is 87.7 Å². The number of likely N-dealkylation sites (tertiary alicyclic amines) is 2. The Morgan fingerprint density at radius 2 is 1.88 bits per heavy atom. The summed E-state index contributed by atoms with van der Waals surface area (Å²) in [5.74, 6) is 0.453. The minimum atomic E-state index is -0.253. The molecular formula is C18H27N5O3. The first-order valence-corrected chi connectivity index (χ1v) is 9.48. The molecule has 2 saturated heterocycles. The van der Waals surface area contributed by atoms with Crippen molar-refractivity contribution in [3.63, 3.8) is 0 Å². The van der Waals surface area contributed by atoms with E-state index in [4.69, 9.17) is 4.74 Å². The molecule has 2 fully saturated rings. The number of nitrogens with zero attached hydrogens (tertiary/aromatic N) is 4. The zero-order valence-electron chi connectivity index (χ0n) is 15.3. The van der Waals surface area contributed by atoms with Gasteiger partial charge in [-0.25, -0.2) is 14.8 Å². The normalized spacial score (nSPS) is 18.5. The van der Waals surface area contributed by atoms with Crippen LogP contribution in [0.15, 0.2) is 12.3 Å². The van der Waals surface area contributed by atoms with E-state index in [0.29, 0.717) is 31.3 Å². The third-order valence-corrected chi connectivity index (χ3v) is 4.87. The SMILES string of the molecule is CCOC(=O)N1CCC(Nc2nccc(C(=O)N3CCCCC3)n2)CC1. The average molecular weight is 361 g/mol. The molecule has 1 aromatic rings. The smallest absolute Gasteiger partial charge is 0.409 e. The first-order valence-electron chi connectivity index (χ1n) is 9.48. The molecule has 0 unspecified atom stereocenters. The molecule has 2 aliphatic heterocycles. The third kappa shape index (κ3) is 4.62. The molecular weight excluding hydrogens is 334 g/mol. The molecule has 3 rings (SSSR count). The van der Waals surface area contributed by atoms with Gasteiger partial charge >= 0.3 is 6.09 Å². The summed E-state index contributed by atoms with van der Waals surface area (Å²) in [5, 5.41) is 3.30. The van der Waals surface area contributed by atoms with Crippen LogP contribution in [0.5, 0.6) is 0 Å². The number of hydrogen-bond donors (Lipinski definition) is 1. The van der Waals surface area contributed by atoms with E-state index in [9.17, 15) is 9.59 Å². The maximum Gasteiger partial charge on any atom is 0.409 e. The van der Waals surface area contributed by atoms with Crippen LogP contribution in [0.2, 0.25) is 0 Å².